The Bertz CT molecular complexity index is 376. The summed E-state index contributed by atoms with van der Waals surface area (Å²) in [5.41, 5.74) is -0.229. The molecule has 1 heterocycles. The first-order chi connectivity index (χ1) is 9.51. The van der Waals surface area contributed by atoms with E-state index >= 15 is 0 Å². The van der Waals surface area contributed by atoms with Crippen molar-refractivity contribution in [2.75, 3.05) is 0 Å². The lowest BCUT2D eigenvalue weighted by atomic mass is 9.81. The van der Waals surface area contributed by atoms with Crippen LogP contribution in [0.1, 0.15) is 59.8 Å². The van der Waals surface area contributed by atoms with E-state index in [1.165, 1.54) is 0 Å². The molecule has 1 fully saturated rings. The van der Waals surface area contributed by atoms with Crippen LogP contribution in [0.4, 0.5) is 0 Å². The van der Waals surface area contributed by atoms with E-state index in [1.54, 1.807) is 0 Å². The van der Waals surface area contributed by atoms with Gasteiger partial charge in [0.15, 0.2) is 6.10 Å². The lowest BCUT2D eigenvalue weighted by Gasteiger charge is -2.46. The van der Waals surface area contributed by atoms with Crippen LogP contribution in [0.5, 0.6) is 0 Å². The van der Waals surface area contributed by atoms with E-state index in [4.69, 9.17) is 9.84 Å². The number of rotatable bonds is 7. The fourth-order valence-electron chi connectivity index (χ4n) is 3.25. The molecule has 0 amide bonds. The highest BCUT2D eigenvalue weighted by Crippen LogP contribution is 2.31. The number of hydrogen-bond donors (Lipinski definition) is 3. The van der Waals surface area contributed by atoms with E-state index in [0.29, 0.717) is 6.42 Å². The van der Waals surface area contributed by atoms with Crippen LogP contribution >= 0.6 is 0 Å². The molecule has 122 valence electrons. The number of piperidine rings is 1. The lowest BCUT2D eigenvalue weighted by Crippen LogP contribution is -2.60. The average molecular weight is 301 g/mol. The molecule has 6 nitrogen and oxygen atoms in total. The molecule has 21 heavy (non-hydrogen) atoms. The molecule has 0 aliphatic carbocycles. The molecule has 0 aromatic rings. The molecule has 1 aliphatic heterocycles. The third kappa shape index (κ3) is 6.44. The fraction of sp³-hybridized carbons (Fsp3) is 0.867. The van der Waals surface area contributed by atoms with Gasteiger partial charge in [0.25, 0.3) is 0 Å². The van der Waals surface area contributed by atoms with E-state index in [0.717, 1.165) is 12.8 Å². The highest BCUT2D eigenvalue weighted by molar-refractivity contribution is 5.72. The third-order valence-electron chi connectivity index (χ3n) is 3.64. The maximum absolute atomic E-state index is 11.3. The third-order valence-corrected chi connectivity index (χ3v) is 3.64. The van der Waals surface area contributed by atoms with E-state index < -0.39 is 18.0 Å². The summed E-state index contributed by atoms with van der Waals surface area (Å²) in [6, 6.07) is 0. The van der Waals surface area contributed by atoms with Crippen LogP contribution in [0.2, 0.25) is 0 Å². The van der Waals surface area contributed by atoms with Crippen LogP contribution in [0.25, 0.3) is 0 Å². The van der Waals surface area contributed by atoms with Crippen molar-refractivity contribution in [2.24, 2.45) is 0 Å². The van der Waals surface area contributed by atoms with Gasteiger partial charge in [-0.3, -0.25) is 4.79 Å². The molecule has 6 heteroatoms. The quantitative estimate of drug-likeness (QED) is 0.666. The summed E-state index contributed by atoms with van der Waals surface area (Å²) in [5.74, 6) is -1.93. The van der Waals surface area contributed by atoms with Crippen molar-refractivity contribution < 1.29 is 24.5 Å². The van der Waals surface area contributed by atoms with Crippen molar-refractivity contribution in [3.05, 3.63) is 0 Å². The van der Waals surface area contributed by atoms with Crippen molar-refractivity contribution in [3.8, 4) is 0 Å². The Hall–Kier alpha value is -1.14. The molecule has 0 saturated carbocycles. The number of ether oxygens (including phenoxy) is 1. The Kier molecular flexibility index (Phi) is 5.75. The summed E-state index contributed by atoms with van der Waals surface area (Å²) in [5, 5.41) is 21.4. The molecule has 3 N–H and O–H groups in total. The number of hydrogen-bond acceptors (Lipinski definition) is 4. The van der Waals surface area contributed by atoms with Gasteiger partial charge in [0.2, 0.25) is 0 Å². The Morgan fingerprint density at radius 2 is 1.71 bits per heavy atom. The summed E-state index contributed by atoms with van der Waals surface area (Å²) < 4.78 is 5.77. The van der Waals surface area contributed by atoms with Crippen molar-refractivity contribution >= 4 is 11.9 Å². The van der Waals surface area contributed by atoms with Crippen LogP contribution in [-0.2, 0) is 14.3 Å². The first-order valence-electron chi connectivity index (χ1n) is 7.40. The average Bonchev–Trinajstić information content (AvgIpc) is 2.22. The SMILES string of the molecule is CC1(C)CC(OC(CCCC(=O)O)C(=O)O)CC(C)(C)N1. The smallest absolute Gasteiger partial charge is 0.332 e. The zero-order valence-electron chi connectivity index (χ0n) is 13.3. The predicted octanol–water partition coefficient (Wildman–Crippen LogP) is 2.02. The monoisotopic (exact) mass is 301 g/mol. The molecule has 1 rings (SSSR count). The first kappa shape index (κ1) is 17.9. The predicted molar refractivity (Wildman–Crippen MR) is 78.3 cm³/mol. The first-order valence-corrected chi connectivity index (χ1v) is 7.40. The van der Waals surface area contributed by atoms with Crippen LogP contribution in [0.15, 0.2) is 0 Å². The summed E-state index contributed by atoms with van der Waals surface area (Å²) in [6.07, 6.45) is 0.909. The molecule has 0 spiro atoms. The van der Waals surface area contributed by atoms with Gasteiger partial charge in [-0.2, -0.15) is 0 Å². The second-order valence-corrected chi connectivity index (χ2v) is 7.17. The van der Waals surface area contributed by atoms with E-state index in [1.807, 2.05) is 0 Å². The normalized spacial score (nSPS) is 22.7. The van der Waals surface area contributed by atoms with Crippen molar-refractivity contribution in [3.63, 3.8) is 0 Å². The molecule has 1 atom stereocenters. The standard InChI is InChI=1S/C15H27NO5/c1-14(2)8-10(9-15(3,4)16-14)21-11(13(19)20)6-5-7-12(17)18/h10-11,16H,5-9H2,1-4H3,(H,17,18)(H,19,20). The lowest BCUT2D eigenvalue weighted by molar-refractivity contribution is -0.159. The number of nitrogens with one attached hydrogen (secondary N) is 1. The van der Waals surface area contributed by atoms with Gasteiger partial charge < -0.3 is 20.3 Å². The minimum Gasteiger partial charge on any atom is -0.481 e. The van der Waals surface area contributed by atoms with Gasteiger partial charge in [-0.05, 0) is 53.4 Å². The maximum atomic E-state index is 11.3. The van der Waals surface area contributed by atoms with Gasteiger partial charge in [-0.15, -0.1) is 0 Å². The topological polar surface area (TPSA) is 95.9 Å². The Morgan fingerprint density at radius 1 is 1.19 bits per heavy atom. The van der Waals surface area contributed by atoms with Gasteiger partial charge in [-0.1, -0.05) is 0 Å². The molecule has 0 aromatic carbocycles. The summed E-state index contributed by atoms with van der Waals surface area (Å²) in [7, 11) is 0. The van der Waals surface area contributed by atoms with E-state index in [9.17, 15) is 14.7 Å². The van der Waals surface area contributed by atoms with Crippen LogP contribution in [0, 0.1) is 0 Å². The molecular weight excluding hydrogens is 274 g/mol. The van der Waals surface area contributed by atoms with E-state index in [-0.39, 0.29) is 30.0 Å². The van der Waals surface area contributed by atoms with Gasteiger partial charge in [0.05, 0.1) is 6.10 Å². The Morgan fingerprint density at radius 3 is 2.14 bits per heavy atom. The van der Waals surface area contributed by atoms with Crippen LogP contribution < -0.4 is 5.32 Å². The largest absolute Gasteiger partial charge is 0.481 e. The number of aliphatic carboxylic acids is 2. The highest BCUT2D eigenvalue weighted by Gasteiger charge is 2.39. The van der Waals surface area contributed by atoms with Gasteiger partial charge >= 0.3 is 11.9 Å². The number of carboxylic acid groups (broad SMARTS) is 2. The molecular formula is C15H27NO5. The van der Waals surface area contributed by atoms with Crippen LogP contribution in [0.3, 0.4) is 0 Å². The maximum Gasteiger partial charge on any atom is 0.332 e. The van der Waals surface area contributed by atoms with Gasteiger partial charge in [-0.25, -0.2) is 4.79 Å². The zero-order chi connectivity index (χ0) is 16.3. The summed E-state index contributed by atoms with van der Waals surface area (Å²) in [6.45, 7) is 8.30. The Balaban J connectivity index is 2.61. The summed E-state index contributed by atoms with van der Waals surface area (Å²) >= 11 is 0. The second kappa shape index (κ2) is 6.75. The molecule has 1 saturated heterocycles. The number of carboxylic acids is 2. The van der Waals surface area contributed by atoms with Crippen LogP contribution in [-0.4, -0.2) is 45.4 Å². The fourth-order valence-corrected chi connectivity index (χ4v) is 3.25. The zero-order valence-corrected chi connectivity index (χ0v) is 13.3. The molecule has 1 aliphatic rings. The minimum absolute atomic E-state index is 0.0314. The van der Waals surface area contributed by atoms with Crippen molar-refractivity contribution in [2.45, 2.75) is 83.1 Å². The van der Waals surface area contributed by atoms with Crippen molar-refractivity contribution in [1.29, 1.82) is 0 Å². The minimum atomic E-state index is -1.02. The molecule has 1 unspecified atom stereocenters. The molecule has 0 bridgehead atoms. The van der Waals surface area contributed by atoms with Crippen molar-refractivity contribution in [1.82, 2.24) is 5.32 Å². The number of carbonyl (C=O) groups is 2. The highest BCUT2D eigenvalue weighted by atomic mass is 16.5. The summed E-state index contributed by atoms with van der Waals surface area (Å²) in [4.78, 5) is 21.8. The Labute approximate surface area is 125 Å². The van der Waals surface area contributed by atoms with E-state index in [2.05, 4.69) is 33.0 Å². The van der Waals surface area contributed by atoms with Gasteiger partial charge in [0.1, 0.15) is 0 Å². The molecule has 0 aromatic heterocycles. The molecule has 0 radical (unpaired) electrons. The second-order valence-electron chi connectivity index (χ2n) is 7.17. The van der Waals surface area contributed by atoms with Gasteiger partial charge in [0, 0.05) is 17.5 Å².